The molecule has 3 rings (SSSR count). The van der Waals surface area contributed by atoms with Crippen LogP contribution in [0.4, 0.5) is 10.1 Å². The zero-order valence-electron chi connectivity index (χ0n) is 9.65. The molecule has 2 aromatic carbocycles. The lowest BCUT2D eigenvalue weighted by atomic mass is 10.3. The van der Waals surface area contributed by atoms with Gasteiger partial charge < -0.3 is 15.5 Å². The highest BCUT2D eigenvalue weighted by atomic mass is 79.9. The summed E-state index contributed by atoms with van der Waals surface area (Å²) in [5.41, 5.74) is 7.87. The lowest BCUT2D eigenvalue weighted by molar-refractivity contribution is 0.445. The van der Waals surface area contributed by atoms with Crippen molar-refractivity contribution in [2.24, 2.45) is 0 Å². The van der Waals surface area contributed by atoms with Crippen molar-refractivity contribution >= 4 is 32.7 Å². The fourth-order valence-corrected chi connectivity index (χ4v) is 2.15. The van der Waals surface area contributed by atoms with Gasteiger partial charge in [0.1, 0.15) is 11.6 Å². The van der Waals surface area contributed by atoms with Crippen LogP contribution in [0.5, 0.6) is 11.8 Å². The first-order chi connectivity index (χ1) is 9.11. The topological polar surface area (TPSA) is 63.9 Å². The van der Waals surface area contributed by atoms with Gasteiger partial charge in [-0.05, 0) is 52.3 Å². The summed E-state index contributed by atoms with van der Waals surface area (Å²) in [6.07, 6.45) is 0. The van der Waals surface area contributed by atoms with Gasteiger partial charge in [-0.15, -0.1) is 0 Å². The molecule has 0 aliphatic rings. The number of benzene rings is 2. The SMILES string of the molecule is Nc1ccc2nc(Oc3ccc(F)cc3Br)[nH]c2c1. The van der Waals surface area contributed by atoms with E-state index in [1.165, 1.54) is 18.2 Å². The van der Waals surface area contributed by atoms with E-state index in [0.29, 0.717) is 21.9 Å². The van der Waals surface area contributed by atoms with E-state index in [1.807, 2.05) is 0 Å². The predicted octanol–water partition coefficient (Wildman–Crippen LogP) is 3.84. The van der Waals surface area contributed by atoms with E-state index in [4.69, 9.17) is 10.5 Å². The van der Waals surface area contributed by atoms with Crippen LogP contribution >= 0.6 is 15.9 Å². The van der Waals surface area contributed by atoms with Crippen LogP contribution in [0.2, 0.25) is 0 Å². The van der Waals surface area contributed by atoms with Crippen LogP contribution in [-0.2, 0) is 0 Å². The Labute approximate surface area is 116 Å². The molecule has 6 heteroatoms. The van der Waals surface area contributed by atoms with E-state index in [-0.39, 0.29) is 5.82 Å². The molecule has 19 heavy (non-hydrogen) atoms. The molecular weight excluding hydrogens is 313 g/mol. The Kier molecular flexibility index (Phi) is 2.87. The van der Waals surface area contributed by atoms with Gasteiger partial charge >= 0.3 is 0 Å². The van der Waals surface area contributed by atoms with E-state index in [1.54, 1.807) is 18.2 Å². The van der Waals surface area contributed by atoms with E-state index in [2.05, 4.69) is 25.9 Å². The first kappa shape index (κ1) is 12.0. The Morgan fingerprint density at radius 1 is 1.21 bits per heavy atom. The first-order valence-electron chi connectivity index (χ1n) is 5.50. The summed E-state index contributed by atoms with van der Waals surface area (Å²) in [6, 6.07) is 9.84. The summed E-state index contributed by atoms with van der Waals surface area (Å²) in [4.78, 5) is 7.26. The molecule has 0 saturated carbocycles. The monoisotopic (exact) mass is 321 g/mol. The number of aromatic amines is 1. The molecule has 0 aliphatic carbocycles. The Balaban J connectivity index is 1.96. The van der Waals surface area contributed by atoms with Gasteiger partial charge in [-0.25, -0.2) is 4.39 Å². The minimum Gasteiger partial charge on any atom is -0.424 e. The maximum atomic E-state index is 13.0. The quantitative estimate of drug-likeness (QED) is 0.705. The number of ether oxygens (including phenoxy) is 1. The van der Waals surface area contributed by atoms with Crippen molar-refractivity contribution in [3.63, 3.8) is 0 Å². The third-order valence-corrected chi connectivity index (χ3v) is 3.20. The molecule has 0 spiro atoms. The molecule has 96 valence electrons. The van der Waals surface area contributed by atoms with Crippen LogP contribution in [0, 0.1) is 5.82 Å². The summed E-state index contributed by atoms with van der Waals surface area (Å²) in [7, 11) is 0. The number of nitrogen functional groups attached to an aromatic ring is 1. The minimum atomic E-state index is -0.336. The van der Waals surface area contributed by atoms with Crippen molar-refractivity contribution in [3.05, 3.63) is 46.7 Å². The van der Waals surface area contributed by atoms with Gasteiger partial charge in [-0.3, -0.25) is 0 Å². The fraction of sp³-hybridized carbons (Fsp3) is 0. The average Bonchev–Trinajstić information content (AvgIpc) is 2.74. The van der Waals surface area contributed by atoms with E-state index in [9.17, 15) is 4.39 Å². The number of halogens is 2. The number of H-pyrrole nitrogens is 1. The lowest BCUT2D eigenvalue weighted by Crippen LogP contribution is -1.88. The normalized spacial score (nSPS) is 10.8. The summed E-state index contributed by atoms with van der Waals surface area (Å²) in [5, 5.41) is 0. The molecule has 0 fully saturated rings. The molecule has 0 amide bonds. The molecule has 4 nitrogen and oxygen atoms in total. The fourth-order valence-electron chi connectivity index (χ4n) is 1.71. The molecule has 0 atom stereocenters. The van der Waals surface area contributed by atoms with Crippen molar-refractivity contribution in [1.29, 1.82) is 0 Å². The molecule has 0 radical (unpaired) electrons. The van der Waals surface area contributed by atoms with Gasteiger partial charge in [0.15, 0.2) is 0 Å². The summed E-state index contributed by atoms with van der Waals surface area (Å²) in [6.45, 7) is 0. The summed E-state index contributed by atoms with van der Waals surface area (Å²) >= 11 is 3.23. The smallest absolute Gasteiger partial charge is 0.300 e. The van der Waals surface area contributed by atoms with Gasteiger partial charge in [-0.1, -0.05) is 0 Å². The van der Waals surface area contributed by atoms with Gasteiger partial charge in [0.05, 0.1) is 15.5 Å². The molecule has 0 saturated heterocycles. The van der Waals surface area contributed by atoms with Crippen molar-refractivity contribution in [1.82, 2.24) is 9.97 Å². The van der Waals surface area contributed by atoms with Crippen LogP contribution in [-0.4, -0.2) is 9.97 Å². The van der Waals surface area contributed by atoms with Crippen LogP contribution in [0.3, 0.4) is 0 Å². The minimum absolute atomic E-state index is 0.327. The van der Waals surface area contributed by atoms with Crippen LogP contribution in [0.1, 0.15) is 0 Å². The Morgan fingerprint density at radius 3 is 2.84 bits per heavy atom. The standard InChI is InChI=1S/C13H9BrFN3O/c14-9-5-7(15)1-4-12(9)19-13-17-10-3-2-8(16)6-11(10)18-13/h1-6H,16H2,(H,17,18). The number of nitrogens with two attached hydrogens (primary N) is 1. The van der Waals surface area contributed by atoms with Crippen LogP contribution in [0.15, 0.2) is 40.9 Å². The van der Waals surface area contributed by atoms with Gasteiger partial charge in [-0.2, -0.15) is 4.98 Å². The first-order valence-corrected chi connectivity index (χ1v) is 6.29. The highest BCUT2D eigenvalue weighted by Crippen LogP contribution is 2.30. The molecule has 0 bridgehead atoms. The van der Waals surface area contributed by atoms with Crippen molar-refractivity contribution in [2.75, 3.05) is 5.73 Å². The molecule has 3 N–H and O–H groups in total. The van der Waals surface area contributed by atoms with Crippen molar-refractivity contribution < 1.29 is 9.13 Å². The van der Waals surface area contributed by atoms with Gasteiger partial charge in [0, 0.05) is 5.69 Å². The highest BCUT2D eigenvalue weighted by Gasteiger charge is 2.08. The number of nitrogens with zero attached hydrogens (tertiary/aromatic N) is 1. The molecule has 1 heterocycles. The largest absolute Gasteiger partial charge is 0.424 e. The number of nitrogens with one attached hydrogen (secondary N) is 1. The number of hydrogen-bond acceptors (Lipinski definition) is 3. The van der Waals surface area contributed by atoms with Gasteiger partial charge in [0.2, 0.25) is 0 Å². The van der Waals surface area contributed by atoms with E-state index in [0.717, 1.165) is 11.0 Å². The third kappa shape index (κ3) is 2.39. The lowest BCUT2D eigenvalue weighted by Gasteiger charge is -2.03. The molecule has 1 aromatic heterocycles. The van der Waals surface area contributed by atoms with Gasteiger partial charge in [0.25, 0.3) is 6.01 Å². The number of rotatable bonds is 2. The Hall–Kier alpha value is -2.08. The van der Waals surface area contributed by atoms with Crippen molar-refractivity contribution in [3.8, 4) is 11.8 Å². The van der Waals surface area contributed by atoms with E-state index >= 15 is 0 Å². The Bertz CT molecular complexity index is 757. The highest BCUT2D eigenvalue weighted by molar-refractivity contribution is 9.10. The van der Waals surface area contributed by atoms with Crippen LogP contribution in [0.25, 0.3) is 11.0 Å². The predicted molar refractivity (Wildman–Crippen MR) is 74.7 cm³/mol. The zero-order valence-corrected chi connectivity index (χ0v) is 11.2. The molecule has 0 aliphatic heterocycles. The second kappa shape index (κ2) is 4.55. The Morgan fingerprint density at radius 2 is 2.05 bits per heavy atom. The number of anilines is 1. The maximum Gasteiger partial charge on any atom is 0.300 e. The third-order valence-electron chi connectivity index (χ3n) is 2.58. The number of fused-ring (bicyclic) bond motifs is 1. The van der Waals surface area contributed by atoms with Crippen LogP contribution < -0.4 is 10.5 Å². The second-order valence-corrected chi connectivity index (χ2v) is 4.85. The number of hydrogen-bond donors (Lipinski definition) is 2. The second-order valence-electron chi connectivity index (χ2n) is 4.00. The average molecular weight is 322 g/mol. The van der Waals surface area contributed by atoms with Crippen molar-refractivity contribution in [2.45, 2.75) is 0 Å². The summed E-state index contributed by atoms with van der Waals surface area (Å²) in [5.74, 6) is 0.144. The number of imidazole rings is 1. The molecule has 3 aromatic rings. The number of aromatic nitrogens is 2. The summed E-state index contributed by atoms with van der Waals surface area (Å²) < 4.78 is 19.1. The maximum absolute atomic E-state index is 13.0. The zero-order chi connectivity index (χ0) is 13.4. The van der Waals surface area contributed by atoms with E-state index < -0.39 is 0 Å². The molecular formula is C13H9BrFN3O. The molecule has 0 unspecified atom stereocenters.